The molecule has 5 nitrogen and oxygen atoms in total. The van der Waals surface area contributed by atoms with Crippen molar-refractivity contribution in [3.05, 3.63) is 70.7 Å². The number of hydrogen-bond donors (Lipinski definition) is 0. The van der Waals surface area contributed by atoms with Gasteiger partial charge in [-0.15, -0.1) is 0 Å². The number of allylic oxidation sites excluding steroid dienone is 1. The molecular weight excluding hydrogens is 326 g/mol. The molecule has 0 amide bonds. The largest absolute Gasteiger partial charge is 0.465 e. The molecule has 0 spiro atoms. The van der Waals surface area contributed by atoms with Gasteiger partial charge in [0.05, 0.1) is 17.2 Å². The molecule has 1 aromatic carbocycles. The van der Waals surface area contributed by atoms with Gasteiger partial charge in [0.2, 0.25) is 0 Å². The second-order valence-corrected chi connectivity index (χ2v) is 6.58. The van der Waals surface area contributed by atoms with Gasteiger partial charge in [-0.1, -0.05) is 31.4 Å². The summed E-state index contributed by atoms with van der Waals surface area (Å²) in [7, 11) is 0. The minimum atomic E-state index is -0.112. The summed E-state index contributed by atoms with van der Waals surface area (Å²) in [4.78, 5) is 17.8. The van der Waals surface area contributed by atoms with Crippen LogP contribution in [0.4, 0.5) is 0 Å². The highest BCUT2D eigenvalue weighted by atomic mass is 16.3. The zero-order valence-corrected chi connectivity index (χ0v) is 14.5. The molecule has 2 aromatic heterocycles. The van der Waals surface area contributed by atoms with Crippen LogP contribution in [0.3, 0.4) is 0 Å². The van der Waals surface area contributed by atoms with Crippen molar-refractivity contribution in [2.45, 2.75) is 38.0 Å². The minimum Gasteiger partial charge on any atom is -0.465 e. The van der Waals surface area contributed by atoms with Crippen LogP contribution in [0.2, 0.25) is 0 Å². The number of aromatic nitrogens is 2. The van der Waals surface area contributed by atoms with Crippen molar-refractivity contribution >= 4 is 23.2 Å². The maximum atomic E-state index is 13.0. The molecule has 0 unspecified atom stereocenters. The van der Waals surface area contributed by atoms with Gasteiger partial charge >= 0.3 is 0 Å². The van der Waals surface area contributed by atoms with E-state index in [1.807, 2.05) is 36.4 Å². The Kier molecular flexibility index (Phi) is 4.78. The summed E-state index contributed by atoms with van der Waals surface area (Å²) < 4.78 is 6.73. The lowest BCUT2D eigenvalue weighted by Crippen LogP contribution is -2.25. The summed E-state index contributed by atoms with van der Waals surface area (Å²) in [6.45, 7) is 0. The summed E-state index contributed by atoms with van der Waals surface area (Å²) >= 11 is 0. The lowest BCUT2D eigenvalue weighted by atomic mass is 9.88. The molecule has 5 heteroatoms. The van der Waals surface area contributed by atoms with Crippen molar-refractivity contribution in [3.8, 4) is 0 Å². The van der Waals surface area contributed by atoms with E-state index in [1.54, 1.807) is 24.6 Å². The van der Waals surface area contributed by atoms with Gasteiger partial charge in [0, 0.05) is 12.1 Å². The molecule has 26 heavy (non-hydrogen) atoms. The third kappa shape index (κ3) is 3.38. The smallest absolute Gasteiger partial charge is 0.282 e. The van der Waals surface area contributed by atoms with Crippen molar-refractivity contribution in [2.75, 3.05) is 0 Å². The van der Waals surface area contributed by atoms with E-state index in [4.69, 9.17) is 9.40 Å². The van der Waals surface area contributed by atoms with Gasteiger partial charge in [0.15, 0.2) is 0 Å². The Morgan fingerprint density at radius 3 is 2.77 bits per heavy atom. The first-order chi connectivity index (χ1) is 12.8. The van der Waals surface area contributed by atoms with E-state index in [9.17, 15) is 4.79 Å². The number of fused-ring (bicyclic) bond motifs is 1. The zero-order valence-electron chi connectivity index (χ0n) is 14.5. The van der Waals surface area contributed by atoms with Crippen molar-refractivity contribution < 1.29 is 4.42 Å². The zero-order chi connectivity index (χ0) is 17.8. The molecule has 1 aliphatic rings. The van der Waals surface area contributed by atoms with Crippen LogP contribution in [-0.4, -0.2) is 15.9 Å². The predicted octanol–water partition coefficient (Wildman–Crippen LogP) is 4.58. The molecule has 1 fully saturated rings. The highest BCUT2D eigenvalue weighted by Crippen LogP contribution is 2.31. The van der Waals surface area contributed by atoms with Crippen LogP contribution >= 0.6 is 0 Å². The van der Waals surface area contributed by atoms with Crippen LogP contribution in [0, 0.1) is 0 Å². The summed E-state index contributed by atoms with van der Waals surface area (Å²) in [5.41, 5.74) is 0.634. The first-order valence-electron chi connectivity index (χ1n) is 9.09. The van der Waals surface area contributed by atoms with Crippen LogP contribution in [0.15, 0.2) is 63.1 Å². The van der Waals surface area contributed by atoms with Gasteiger partial charge in [-0.3, -0.25) is 4.79 Å². The van der Waals surface area contributed by atoms with Crippen molar-refractivity contribution in [3.63, 3.8) is 0 Å². The highest BCUT2D eigenvalue weighted by Gasteiger charge is 2.22. The molecule has 3 aromatic rings. The Morgan fingerprint density at radius 1 is 1.12 bits per heavy atom. The Balaban J connectivity index is 1.75. The fourth-order valence-electron chi connectivity index (χ4n) is 3.51. The quantitative estimate of drug-likeness (QED) is 0.649. The molecule has 0 atom stereocenters. The molecule has 1 saturated carbocycles. The number of benzene rings is 1. The Hall–Kier alpha value is -2.95. The molecule has 0 aliphatic heterocycles. The van der Waals surface area contributed by atoms with Gasteiger partial charge in [0.25, 0.3) is 5.56 Å². The Morgan fingerprint density at radius 2 is 1.96 bits per heavy atom. The van der Waals surface area contributed by atoms with E-state index in [2.05, 4.69) is 5.10 Å². The standard InChI is InChI=1S/C21H21N3O2/c25-21-18-12-4-5-13-19(18)23-20(16-8-2-1-3-9-16)24(21)22-14-6-10-17-11-7-15-26-17/h4-7,10-16H,1-3,8-9H2/b10-6+,22-14?. The topological polar surface area (TPSA) is 60.4 Å². The summed E-state index contributed by atoms with van der Waals surface area (Å²) in [5.74, 6) is 1.80. The van der Waals surface area contributed by atoms with Crippen molar-refractivity contribution in [2.24, 2.45) is 5.10 Å². The molecule has 0 radical (unpaired) electrons. The first-order valence-corrected chi connectivity index (χ1v) is 9.09. The molecule has 4 rings (SSSR count). The van der Waals surface area contributed by atoms with Gasteiger partial charge < -0.3 is 4.42 Å². The van der Waals surface area contributed by atoms with Crippen LogP contribution in [0.25, 0.3) is 17.0 Å². The molecule has 132 valence electrons. The molecule has 2 heterocycles. The third-order valence-corrected chi connectivity index (χ3v) is 4.82. The second kappa shape index (κ2) is 7.52. The Labute approximate surface area is 151 Å². The van der Waals surface area contributed by atoms with E-state index in [0.717, 1.165) is 29.9 Å². The highest BCUT2D eigenvalue weighted by molar-refractivity contribution is 5.79. The molecule has 1 aliphatic carbocycles. The van der Waals surface area contributed by atoms with Crippen LogP contribution in [0.1, 0.15) is 49.6 Å². The van der Waals surface area contributed by atoms with Gasteiger partial charge in [-0.05, 0) is 49.3 Å². The van der Waals surface area contributed by atoms with Crippen LogP contribution in [0.5, 0.6) is 0 Å². The fourth-order valence-corrected chi connectivity index (χ4v) is 3.51. The van der Waals surface area contributed by atoms with Gasteiger partial charge in [0.1, 0.15) is 11.6 Å². The number of rotatable bonds is 4. The summed E-state index contributed by atoms with van der Waals surface area (Å²) in [6.07, 6.45) is 12.5. The fraction of sp³-hybridized carbons (Fsp3) is 0.286. The minimum absolute atomic E-state index is 0.112. The SMILES string of the molecule is O=c1c2ccccc2nc(C2CCCCC2)n1N=C/C=C/c1ccco1. The van der Waals surface area contributed by atoms with Crippen molar-refractivity contribution in [1.29, 1.82) is 0 Å². The third-order valence-electron chi connectivity index (χ3n) is 4.82. The predicted molar refractivity (Wildman–Crippen MR) is 103 cm³/mol. The summed E-state index contributed by atoms with van der Waals surface area (Å²) in [6, 6.07) is 11.2. The molecule has 0 bridgehead atoms. The van der Waals surface area contributed by atoms with E-state index < -0.39 is 0 Å². The van der Waals surface area contributed by atoms with E-state index in [1.165, 1.54) is 23.9 Å². The van der Waals surface area contributed by atoms with Crippen molar-refractivity contribution in [1.82, 2.24) is 9.66 Å². The normalized spacial score (nSPS) is 16.2. The molecular formula is C21H21N3O2. The number of hydrogen-bond acceptors (Lipinski definition) is 4. The monoisotopic (exact) mass is 347 g/mol. The molecule has 0 N–H and O–H groups in total. The van der Waals surface area contributed by atoms with Crippen LogP contribution < -0.4 is 5.56 Å². The number of para-hydroxylation sites is 1. The second-order valence-electron chi connectivity index (χ2n) is 6.58. The maximum absolute atomic E-state index is 13.0. The first kappa shape index (κ1) is 16.5. The Bertz CT molecular complexity index is 994. The summed E-state index contributed by atoms with van der Waals surface area (Å²) in [5, 5.41) is 5.02. The molecule has 0 saturated heterocycles. The van der Waals surface area contributed by atoms with Gasteiger partial charge in [-0.25, -0.2) is 4.98 Å². The lowest BCUT2D eigenvalue weighted by molar-refractivity contribution is 0.416. The number of furan rings is 1. The van der Waals surface area contributed by atoms with Gasteiger partial charge in [-0.2, -0.15) is 9.78 Å². The maximum Gasteiger partial charge on any atom is 0.282 e. The number of nitrogens with zero attached hydrogens (tertiary/aromatic N) is 3. The lowest BCUT2D eigenvalue weighted by Gasteiger charge is -2.22. The average molecular weight is 347 g/mol. The van der Waals surface area contributed by atoms with E-state index in [0.29, 0.717) is 5.39 Å². The van der Waals surface area contributed by atoms with E-state index >= 15 is 0 Å². The average Bonchev–Trinajstić information content (AvgIpc) is 3.21. The van der Waals surface area contributed by atoms with E-state index in [-0.39, 0.29) is 11.5 Å². The van der Waals surface area contributed by atoms with Crippen LogP contribution in [-0.2, 0) is 0 Å².